The average molecular weight is 222 g/mol. The molecule has 0 fully saturated rings. The summed E-state index contributed by atoms with van der Waals surface area (Å²) in [6, 6.07) is 5.23. The molecule has 0 N–H and O–H groups in total. The first-order valence-corrected chi connectivity index (χ1v) is 5.38. The van der Waals surface area contributed by atoms with Crippen molar-refractivity contribution in [1.82, 2.24) is 0 Å². The van der Waals surface area contributed by atoms with Crippen molar-refractivity contribution in [3.8, 4) is 11.5 Å². The second kappa shape index (κ2) is 4.88. The maximum atomic E-state index is 11.7. The van der Waals surface area contributed by atoms with Crippen molar-refractivity contribution in [1.29, 1.82) is 0 Å². The fourth-order valence-electron chi connectivity index (χ4n) is 1.51. The van der Waals surface area contributed by atoms with Gasteiger partial charge in [-0.25, -0.2) is 4.79 Å². The van der Waals surface area contributed by atoms with Crippen LogP contribution in [0.15, 0.2) is 18.2 Å². The van der Waals surface area contributed by atoms with Gasteiger partial charge in [-0.05, 0) is 18.6 Å². The first kappa shape index (κ1) is 10.8. The van der Waals surface area contributed by atoms with Gasteiger partial charge < -0.3 is 14.2 Å². The molecule has 2 rings (SSSR count). The van der Waals surface area contributed by atoms with E-state index in [4.69, 9.17) is 14.2 Å². The zero-order valence-electron chi connectivity index (χ0n) is 9.19. The van der Waals surface area contributed by atoms with Gasteiger partial charge in [0.05, 0.1) is 6.61 Å². The second-order valence-electron chi connectivity index (χ2n) is 3.47. The van der Waals surface area contributed by atoms with Gasteiger partial charge in [0.2, 0.25) is 0 Å². The molecule has 1 heterocycles. The van der Waals surface area contributed by atoms with Gasteiger partial charge in [0, 0.05) is 0 Å². The van der Waals surface area contributed by atoms with Crippen LogP contribution in [-0.4, -0.2) is 25.8 Å². The van der Waals surface area contributed by atoms with Crippen LogP contribution in [0.4, 0.5) is 0 Å². The number of hydrogen-bond donors (Lipinski definition) is 0. The topological polar surface area (TPSA) is 44.8 Å². The van der Waals surface area contributed by atoms with Crippen LogP contribution in [0, 0.1) is 0 Å². The third kappa shape index (κ3) is 2.10. The fourth-order valence-corrected chi connectivity index (χ4v) is 1.51. The van der Waals surface area contributed by atoms with E-state index in [1.165, 1.54) is 0 Å². The lowest BCUT2D eigenvalue weighted by molar-refractivity contribution is 0.0495. The van der Waals surface area contributed by atoms with Crippen molar-refractivity contribution in [2.75, 3.05) is 19.8 Å². The van der Waals surface area contributed by atoms with Crippen LogP contribution in [0.3, 0.4) is 0 Å². The van der Waals surface area contributed by atoms with Crippen LogP contribution in [0.25, 0.3) is 0 Å². The van der Waals surface area contributed by atoms with Crippen LogP contribution in [-0.2, 0) is 4.74 Å². The zero-order valence-corrected chi connectivity index (χ0v) is 9.19. The van der Waals surface area contributed by atoms with Gasteiger partial charge in [-0.1, -0.05) is 13.0 Å². The molecule has 1 aliphatic heterocycles. The lowest BCUT2D eigenvalue weighted by atomic mass is 10.2. The van der Waals surface area contributed by atoms with Crippen molar-refractivity contribution in [3.63, 3.8) is 0 Å². The van der Waals surface area contributed by atoms with Crippen molar-refractivity contribution >= 4 is 5.97 Å². The molecule has 0 saturated heterocycles. The Kier molecular flexibility index (Phi) is 3.29. The SMILES string of the molecule is CCCOC(=O)c1cccc2c1OCCO2. The van der Waals surface area contributed by atoms with E-state index in [1.807, 2.05) is 6.92 Å². The molecule has 0 saturated carbocycles. The number of carbonyl (C=O) groups is 1. The highest BCUT2D eigenvalue weighted by Gasteiger charge is 2.20. The van der Waals surface area contributed by atoms with Crippen LogP contribution in [0.2, 0.25) is 0 Å². The molecule has 86 valence electrons. The van der Waals surface area contributed by atoms with Gasteiger partial charge in [-0.15, -0.1) is 0 Å². The predicted octanol–water partition coefficient (Wildman–Crippen LogP) is 2.02. The van der Waals surface area contributed by atoms with Gasteiger partial charge in [0.1, 0.15) is 18.8 Å². The Morgan fingerprint density at radius 1 is 1.38 bits per heavy atom. The Bertz CT molecular complexity index is 387. The number of carbonyl (C=O) groups excluding carboxylic acids is 1. The summed E-state index contributed by atoms with van der Waals surface area (Å²) in [4.78, 5) is 11.7. The van der Waals surface area contributed by atoms with Crippen molar-refractivity contribution in [2.45, 2.75) is 13.3 Å². The van der Waals surface area contributed by atoms with E-state index in [2.05, 4.69) is 0 Å². The standard InChI is InChI=1S/C12H14O4/c1-2-6-16-12(13)9-4-3-5-10-11(9)15-8-7-14-10/h3-5H,2,6-8H2,1H3. The smallest absolute Gasteiger partial charge is 0.342 e. The van der Waals surface area contributed by atoms with Crippen LogP contribution < -0.4 is 9.47 Å². The summed E-state index contributed by atoms with van der Waals surface area (Å²) < 4.78 is 15.9. The van der Waals surface area contributed by atoms with Crippen LogP contribution in [0.5, 0.6) is 11.5 Å². The van der Waals surface area contributed by atoms with E-state index in [-0.39, 0.29) is 5.97 Å². The van der Waals surface area contributed by atoms with Crippen LogP contribution in [0.1, 0.15) is 23.7 Å². The summed E-state index contributed by atoms with van der Waals surface area (Å²) in [6.07, 6.45) is 0.804. The van der Waals surface area contributed by atoms with E-state index in [9.17, 15) is 4.79 Å². The third-order valence-corrected chi connectivity index (χ3v) is 2.22. The minimum absolute atomic E-state index is 0.357. The van der Waals surface area contributed by atoms with Gasteiger partial charge in [0.15, 0.2) is 11.5 Å². The normalized spacial score (nSPS) is 13.3. The molecular formula is C12H14O4. The Hall–Kier alpha value is -1.71. The second-order valence-corrected chi connectivity index (χ2v) is 3.47. The predicted molar refractivity (Wildman–Crippen MR) is 58.0 cm³/mol. The zero-order chi connectivity index (χ0) is 11.4. The van der Waals surface area contributed by atoms with Gasteiger partial charge in [-0.2, -0.15) is 0 Å². The average Bonchev–Trinajstić information content (AvgIpc) is 2.35. The minimum atomic E-state index is -0.357. The van der Waals surface area contributed by atoms with Crippen LogP contribution >= 0.6 is 0 Å². The Morgan fingerprint density at radius 2 is 2.19 bits per heavy atom. The highest BCUT2D eigenvalue weighted by Crippen LogP contribution is 2.33. The molecule has 1 aromatic carbocycles. The number of fused-ring (bicyclic) bond motifs is 1. The first-order chi connectivity index (χ1) is 7.83. The maximum absolute atomic E-state index is 11.7. The summed E-state index contributed by atoms with van der Waals surface area (Å²) in [6.45, 7) is 3.35. The lowest BCUT2D eigenvalue weighted by Crippen LogP contribution is -2.18. The first-order valence-electron chi connectivity index (χ1n) is 5.38. The van der Waals surface area contributed by atoms with E-state index in [1.54, 1.807) is 18.2 Å². The number of rotatable bonds is 3. The molecule has 0 radical (unpaired) electrons. The summed E-state index contributed by atoms with van der Waals surface area (Å²) in [7, 11) is 0. The number of hydrogen-bond acceptors (Lipinski definition) is 4. The fraction of sp³-hybridized carbons (Fsp3) is 0.417. The molecule has 4 heteroatoms. The highest BCUT2D eigenvalue weighted by atomic mass is 16.6. The summed E-state index contributed by atoms with van der Waals surface area (Å²) in [5.74, 6) is 0.747. The summed E-state index contributed by atoms with van der Waals surface area (Å²) >= 11 is 0. The molecule has 16 heavy (non-hydrogen) atoms. The molecule has 0 atom stereocenters. The Labute approximate surface area is 94.1 Å². The monoisotopic (exact) mass is 222 g/mol. The number of para-hydroxylation sites is 1. The highest BCUT2D eigenvalue weighted by molar-refractivity contribution is 5.93. The molecule has 0 spiro atoms. The van der Waals surface area contributed by atoms with Crippen molar-refractivity contribution in [3.05, 3.63) is 23.8 Å². The Balaban J connectivity index is 2.23. The summed E-state index contributed by atoms with van der Waals surface area (Å²) in [5.41, 5.74) is 0.436. The largest absolute Gasteiger partial charge is 0.486 e. The summed E-state index contributed by atoms with van der Waals surface area (Å²) in [5, 5.41) is 0. The molecule has 4 nitrogen and oxygen atoms in total. The van der Waals surface area contributed by atoms with Gasteiger partial charge in [-0.3, -0.25) is 0 Å². The number of esters is 1. The molecule has 0 bridgehead atoms. The molecular weight excluding hydrogens is 208 g/mol. The van der Waals surface area contributed by atoms with Gasteiger partial charge >= 0.3 is 5.97 Å². The molecule has 0 aliphatic carbocycles. The van der Waals surface area contributed by atoms with E-state index in [0.717, 1.165) is 6.42 Å². The van der Waals surface area contributed by atoms with E-state index in [0.29, 0.717) is 36.9 Å². The molecule has 0 unspecified atom stereocenters. The molecule has 1 aliphatic rings. The lowest BCUT2D eigenvalue weighted by Gasteiger charge is -2.20. The van der Waals surface area contributed by atoms with E-state index >= 15 is 0 Å². The minimum Gasteiger partial charge on any atom is -0.486 e. The van der Waals surface area contributed by atoms with Gasteiger partial charge in [0.25, 0.3) is 0 Å². The number of ether oxygens (including phenoxy) is 3. The molecule has 1 aromatic rings. The number of benzene rings is 1. The third-order valence-electron chi connectivity index (χ3n) is 2.22. The van der Waals surface area contributed by atoms with E-state index < -0.39 is 0 Å². The maximum Gasteiger partial charge on any atom is 0.342 e. The molecule has 0 aromatic heterocycles. The van der Waals surface area contributed by atoms with Crippen molar-refractivity contribution in [2.24, 2.45) is 0 Å². The quantitative estimate of drug-likeness (QED) is 0.734. The Morgan fingerprint density at radius 3 is 3.00 bits per heavy atom. The van der Waals surface area contributed by atoms with Crippen molar-refractivity contribution < 1.29 is 19.0 Å². The molecule has 0 amide bonds.